The highest BCUT2D eigenvalue weighted by Gasteiger charge is 2.37. The van der Waals surface area contributed by atoms with Crippen LogP contribution in [0.15, 0.2) is 92.8 Å². The van der Waals surface area contributed by atoms with Crippen LogP contribution in [0.5, 0.6) is 0 Å². The van der Waals surface area contributed by atoms with E-state index < -0.39 is 5.66 Å². The van der Waals surface area contributed by atoms with E-state index in [1.54, 1.807) is 0 Å². The Balaban J connectivity index is 1.71. The maximum atomic E-state index is 4.76. The fourth-order valence-corrected chi connectivity index (χ4v) is 3.74. The van der Waals surface area contributed by atoms with Gasteiger partial charge in [0.05, 0.1) is 0 Å². The van der Waals surface area contributed by atoms with Gasteiger partial charge in [0, 0.05) is 20.8 Å². The predicted molar refractivity (Wildman–Crippen MR) is 114 cm³/mol. The first-order valence-electron chi connectivity index (χ1n) is 8.31. The Morgan fingerprint density at radius 3 is 2.35 bits per heavy atom. The highest BCUT2D eigenvalue weighted by atomic mass is 79.9. The molecule has 0 aliphatic carbocycles. The van der Waals surface area contributed by atoms with Gasteiger partial charge in [-0.05, 0) is 47.5 Å². The molecule has 130 valence electrons. The summed E-state index contributed by atoms with van der Waals surface area (Å²) in [5.74, 6) is 0. The number of anilines is 1. The molecule has 0 saturated heterocycles. The molecule has 2 N–H and O–H groups in total. The van der Waals surface area contributed by atoms with Gasteiger partial charge in [0.15, 0.2) is 5.66 Å². The van der Waals surface area contributed by atoms with Gasteiger partial charge in [0.25, 0.3) is 0 Å². The molecule has 0 saturated carbocycles. The van der Waals surface area contributed by atoms with E-state index in [9.17, 15) is 0 Å². The van der Waals surface area contributed by atoms with Gasteiger partial charge in [-0.25, -0.2) is 0 Å². The van der Waals surface area contributed by atoms with Gasteiger partial charge in [0.1, 0.15) is 6.17 Å². The van der Waals surface area contributed by atoms with Gasteiger partial charge in [-0.15, -0.1) is 0 Å². The summed E-state index contributed by atoms with van der Waals surface area (Å²) in [4.78, 5) is 4.76. The molecular weight excluding hydrogens is 454 g/mol. The molecule has 4 rings (SSSR count). The van der Waals surface area contributed by atoms with Crippen LogP contribution in [0.2, 0.25) is 0 Å². The Hall–Kier alpha value is -1.95. The van der Waals surface area contributed by atoms with E-state index in [4.69, 9.17) is 4.99 Å². The van der Waals surface area contributed by atoms with E-state index in [-0.39, 0.29) is 6.17 Å². The number of hydrogen-bond acceptors (Lipinski definition) is 3. The third kappa shape index (κ3) is 3.61. The normalized spacial score (nSPS) is 21.7. The molecule has 2 atom stereocenters. The minimum Gasteiger partial charge on any atom is -0.359 e. The lowest BCUT2D eigenvalue weighted by Crippen LogP contribution is -2.47. The van der Waals surface area contributed by atoms with Crippen LogP contribution >= 0.6 is 31.9 Å². The molecule has 0 amide bonds. The largest absolute Gasteiger partial charge is 0.359 e. The molecular formula is C21H17Br2N3. The molecule has 0 spiro atoms. The van der Waals surface area contributed by atoms with E-state index in [2.05, 4.69) is 78.9 Å². The average Bonchev–Trinajstić information content (AvgIpc) is 3.10. The molecule has 26 heavy (non-hydrogen) atoms. The van der Waals surface area contributed by atoms with Crippen molar-refractivity contribution < 1.29 is 0 Å². The smallest absolute Gasteiger partial charge is 0.153 e. The first-order chi connectivity index (χ1) is 12.6. The maximum absolute atomic E-state index is 4.76. The van der Waals surface area contributed by atoms with Crippen LogP contribution < -0.4 is 10.6 Å². The highest BCUT2D eigenvalue weighted by Crippen LogP contribution is 2.33. The summed E-state index contributed by atoms with van der Waals surface area (Å²) in [5.41, 5.74) is 2.66. The molecule has 3 nitrogen and oxygen atoms in total. The van der Waals surface area contributed by atoms with E-state index >= 15 is 0 Å². The van der Waals surface area contributed by atoms with Crippen LogP contribution in [0.1, 0.15) is 17.3 Å². The van der Waals surface area contributed by atoms with E-state index in [1.807, 2.05) is 48.7 Å². The summed E-state index contributed by atoms with van der Waals surface area (Å²) in [7, 11) is 0. The second-order valence-corrected chi connectivity index (χ2v) is 8.02. The zero-order valence-corrected chi connectivity index (χ0v) is 17.0. The van der Waals surface area contributed by atoms with Crippen molar-refractivity contribution >= 4 is 43.8 Å². The molecule has 0 bridgehead atoms. The molecule has 3 aromatic rings. The molecule has 1 aliphatic heterocycles. The first-order valence-corrected chi connectivity index (χ1v) is 9.90. The first kappa shape index (κ1) is 17.5. The van der Waals surface area contributed by atoms with Crippen molar-refractivity contribution in [3.63, 3.8) is 0 Å². The van der Waals surface area contributed by atoms with Gasteiger partial charge >= 0.3 is 0 Å². The molecule has 0 aromatic heterocycles. The number of aliphatic imine (C=N–C) groups is 1. The standard InChI is InChI=1S/C21H17Br2N3/c22-17-9-11-19(12-10-17)25-21(16-7-4-8-18(23)13-16)14-24-20(26-21)15-5-2-1-3-6-15/h1-14,20,25-26H. The second-order valence-electron chi connectivity index (χ2n) is 6.19. The summed E-state index contributed by atoms with van der Waals surface area (Å²) < 4.78 is 2.08. The summed E-state index contributed by atoms with van der Waals surface area (Å²) in [6.07, 6.45) is 1.87. The fourth-order valence-electron chi connectivity index (χ4n) is 3.07. The fraction of sp³-hybridized carbons (Fsp3) is 0.0952. The number of nitrogens with one attached hydrogen (secondary N) is 2. The van der Waals surface area contributed by atoms with Crippen LogP contribution in [0.25, 0.3) is 0 Å². The average molecular weight is 471 g/mol. The van der Waals surface area contributed by atoms with Gasteiger partial charge in [0.2, 0.25) is 0 Å². The summed E-state index contributed by atoms with van der Waals surface area (Å²) >= 11 is 7.07. The quantitative estimate of drug-likeness (QED) is 0.501. The minimum absolute atomic E-state index is 0.0990. The maximum Gasteiger partial charge on any atom is 0.153 e. The van der Waals surface area contributed by atoms with Crippen LogP contribution in [-0.2, 0) is 5.66 Å². The van der Waals surface area contributed by atoms with Crippen LogP contribution in [0.4, 0.5) is 5.69 Å². The van der Waals surface area contributed by atoms with Crippen LogP contribution in [-0.4, -0.2) is 6.21 Å². The van der Waals surface area contributed by atoms with Crippen molar-refractivity contribution in [3.8, 4) is 0 Å². The lowest BCUT2D eigenvalue weighted by Gasteiger charge is -2.31. The Labute approximate surface area is 169 Å². The van der Waals surface area contributed by atoms with Gasteiger partial charge in [-0.1, -0.05) is 74.3 Å². The lowest BCUT2D eigenvalue weighted by molar-refractivity contribution is 0.473. The SMILES string of the molecule is Brc1ccc(NC2(c3cccc(Br)c3)C=NC(c3ccccc3)N2)cc1. The van der Waals surface area contributed by atoms with Crippen molar-refractivity contribution in [3.05, 3.63) is 98.9 Å². The number of benzene rings is 3. The number of hydrogen-bond donors (Lipinski definition) is 2. The molecule has 2 unspecified atom stereocenters. The zero-order valence-electron chi connectivity index (χ0n) is 13.9. The van der Waals surface area contributed by atoms with Crippen molar-refractivity contribution in [1.29, 1.82) is 0 Å². The Morgan fingerprint density at radius 1 is 0.846 bits per heavy atom. The monoisotopic (exact) mass is 469 g/mol. The third-order valence-corrected chi connectivity index (χ3v) is 5.38. The topological polar surface area (TPSA) is 36.4 Å². The molecule has 0 radical (unpaired) electrons. The van der Waals surface area contributed by atoms with Gasteiger partial charge in [-0.3, -0.25) is 10.3 Å². The number of rotatable bonds is 4. The van der Waals surface area contributed by atoms with Gasteiger partial charge in [-0.2, -0.15) is 0 Å². The zero-order chi connectivity index (χ0) is 18.0. The second kappa shape index (κ2) is 7.35. The molecule has 1 aliphatic rings. The van der Waals surface area contributed by atoms with E-state index in [0.29, 0.717) is 0 Å². The van der Waals surface area contributed by atoms with Crippen molar-refractivity contribution in [1.82, 2.24) is 5.32 Å². The van der Waals surface area contributed by atoms with E-state index in [0.717, 1.165) is 25.8 Å². The Morgan fingerprint density at radius 2 is 1.62 bits per heavy atom. The molecule has 1 heterocycles. The predicted octanol–water partition coefficient (Wildman–Crippen LogP) is 5.85. The third-order valence-electron chi connectivity index (χ3n) is 4.36. The summed E-state index contributed by atoms with van der Waals surface area (Å²) in [5, 5.41) is 7.28. The van der Waals surface area contributed by atoms with Crippen molar-refractivity contribution in [2.24, 2.45) is 4.99 Å². The van der Waals surface area contributed by atoms with Crippen LogP contribution in [0, 0.1) is 0 Å². The van der Waals surface area contributed by atoms with Crippen LogP contribution in [0.3, 0.4) is 0 Å². The number of halogens is 2. The summed E-state index contributed by atoms with van der Waals surface area (Å²) in [6, 6.07) is 26.7. The number of nitrogens with zero attached hydrogens (tertiary/aromatic N) is 1. The van der Waals surface area contributed by atoms with Crippen molar-refractivity contribution in [2.45, 2.75) is 11.8 Å². The lowest BCUT2D eigenvalue weighted by atomic mass is 10.00. The Kier molecular flexibility index (Phi) is 4.94. The molecule has 5 heteroatoms. The molecule has 0 fully saturated rings. The Bertz CT molecular complexity index is 926. The summed E-state index contributed by atoms with van der Waals surface area (Å²) in [6.45, 7) is 0. The van der Waals surface area contributed by atoms with E-state index in [1.165, 1.54) is 0 Å². The highest BCUT2D eigenvalue weighted by molar-refractivity contribution is 9.10. The minimum atomic E-state index is -0.585. The molecule has 3 aromatic carbocycles. The van der Waals surface area contributed by atoms with Crippen molar-refractivity contribution in [2.75, 3.05) is 5.32 Å². The van der Waals surface area contributed by atoms with Gasteiger partial charge < -0.3 is 5.32 Å².